The number of pyridine rings is 1. The molecule has 1 aromatic rings. The second kappa shape index (κ2) is 6.35. The van der Waals surface area contributed by atoms with Crippen molar-refractivity contribution in [1.82, 2.24) is 10.3 Å². The normalized spacial score (nSPS) is 12.5. The molecule has 0 spiro atoms. The van der Waals surface area contributed by atoms with Crippen molar-refractivity contribution >= 4 is 5.91 Å². The van der Waals surface area contributed by atoms with E-state index in [9.17, 15) is 14.7 Å². The molecule has 0 bridgehead atoms. The summed E-state index contributed by atoms with van der Waals surface area (Å²) in [5.41, 5.74) is 0.420. The molecule has 0 fully saturated rings. The average molecular weight is 252 g/mol. The number of rotatable bonds is 5. The average Bonchev–Trinajstić information content (AvgIpc) is 2.28. The van der Waals surface area contributed by atoms with Crippen LogP contribution in [0.5, 0.6) is 0 Å². The van der Waals surface area contributed by atoms with Crippen molar-refractivity contribution in [3.05, 3.63) is 33.7 Å². The lowest BCUT2D eigenvalue weighted by atomic mass is 10.0. The predicted molar refractivity (Wildman–Crippen MR) is 69.6 cm³/mol. The summed E-state index contributed by atoms with van der Waals surface area (Å²) in [6.45, 7) is 5.93. The van der Waals surface area contributed by atoms with Crippen LogP contribution in [0.3, 0.4) is 0 Å². The van der Waals surface area contributed by atoms with E-state index in [4.69, 9.17) is 0 Å². The second-order valence-electron chi connectivity index (χ2n) is 4.74. The molecule has 0 saturated heterocycles. The van der Waals surface area contributed by atoms with Gasteiger partial charge in [-0.1, -0.05) is 13.8 Å². The fourth-order valence-electron chi connectivity index (χ4n) is 1.51. The number of aliphatic hydroxyl groups excluding tert-OH is 1. The highest BCUT2D eigenvalue weighted by Gasteiger charge is 2.12. The Kier molecular flexibility index (Phi) is 5.09. The molecule has 0 radical (unpaired) electrons. The molecule has 5 nitrogen and oxygen atoms in total. The summed E-state index contributed by atoms with van der Waals surface area (Å²) < 4.78 is 0. The molecule has 100 valence electrons. The number of carbonyl (C=O) groups excluding carboxylic acids is 1. The zero-order valence-corrected chi connectivity index (χ0v) is 11.0. The van der Waals surface area contributed by atoms with Gasteiger partial charge in [0.15, 0.2) is 0 Å². The lowest BCUT2D eigenvalue weighted by Crippen LogP contribution is -2.32. The number of hydrogen-bond donors (Lipinski definition) is 3. The third-order valence-electron chi connectivity index (χ3n) is 2.80. The van der Waals surface area contributed by atoms with Gasteiger partial charge in [0.05, 0.1) is 6.10 Å². The van der Waals surface area contributed by atoms with Gasteiger partial charge >= 0.3 is 0 Å². The Morgan fingerprint density at radius 3 is 2.67 bits per heavy atom. The summed E-state index contributed by atoms with van der Waals surface area (Å²) in [6, 6.07) is 3.18. The number of aryl methyl sites for hydroxylation is 1. The largest absolute Gasteiger partial charge is 0.393 e. The molecule has 1 rings (SSSR count). The van der Waals surface area contributed by atoms with Crippen LogP contribution in [0, 0.1) is 12.8 Å². The van der Waals surface area contributed by atoms with Crippen LogP contribution >= 0.6 is 0 Å². The first kappa shape index (κ1) is 14.4. The summed E-state index contributed by atoms with van der Waals surface area (Å²) >= 11 is 0. The molecule has 18 heavy (non-hydrogen) atoms. The molecule has 1 atom stereocenters. The van der Waals surface area contributed by atoms with Gasteiger partial charge < -0.3 is 15.4 Å². The molecule has 1 amide bonds. The fourth-order valence-corrected chi connectivity index (χ4v) is 1.51. The van der Waals surface area contributed by atoms with Crippen molar-refractivity contribution in [1.29, 1.82) is 0 Å². The predicted octanol–water partition coefficient (Wildman–Crippen LogP) is 0.820. The number of aromatic amines is 1. The summed E-state index contributed by atoms with van der Waals surface area (Å²) in [7, 11) is 0. The number of carbonyl (C=O) groups is 1. The van der Waals surface area contributed by atoms with Gasteiger partial charge in [0.25, 0.3) is 11.5 Å². The molecule has 0 aromatic carbocycles. The monoisotopic (exact) mass is 252 g/mol. The van der Waals surface area contributed by atoms with E-state index in [2.05, 4.69) is 10.3 Å². The van der Waals surface area contributed by atoms with Gasteiger partial charge in [-0.2, -0.15) is 0 Å². The number of nitrogens with one attached hydrogen (secondary N) is 2. The second-order valence-corrected chi connectivity index (χ2v) is 4.74. The van der Waals surface area contributed by atoms with Crippen LogP contribution in [0.1, 0.15) is 36.3 Å². The Morgan fingerprint density at radius 2 is 2.11 bits per heavy atom. The topological polar surface area (TPSA) is 82.2 Å². The van der Waals surface area contributed by atoms with E-state index in [1.54, 1.807) is 13.0 Å². The van der Waals surface area contributed by atoms with E-state index in [0.717, 1.165) is 0 Å². The highest BCUT2D eigenvalue weighted by molar-refractivity contribution is 5.93. The maximum absolute atomic E-state index is 11.7. The summed E-state index contributed by atoms with van der Waals surface area (Å²) in [4.78, 5) is 25.8. The van der Waals surface area contributed by atoms with Crippen molar-refractivity contribution in [3.63, 3.8) is 0 Å². The van der Waals surface area contributed by atoms with E-state index in [1.807, 2.05) is 13.8 Å². The maximum Gasteiger partial charge on any atom is 0.260 e. The highest BCUT2D eigenvalue weighted by Crippen LogP contribution is 2.04. The molecule has 1 heterocycles. The van der Waals surface area contributed by atoms with E-state index in [-0.39, 0.29) is 11.5 Å². The molecular formula is C13H20N2O3. The summed E-state index contributed by atoms with van der Waals surface area (Å²) in [6.07, 6.45) is 0.0364. The Hall–Kier alpha value is -1.62. The van der Waals surface area contributed by atoms with E-state index < -0.39 is 17.6 Å². The standard InChI is InChI=1S/C13H20N2O3/c1-8(2)11(16)6-7-14-12(17)10-5-4-9(3)15-13(10)18/h4-5,8,11,16H,6-7H2,1-3H3,(H,14,17)(H,15,18). The number of amides is 1. The van der Waals surface area contributed by atoms with Crippen LogP contribution in [0.15, 0.2) is 16.9 Å². The lowest BCUT2D eigenvalue weighted by Gasteiger charge is -2.14. The number of aliphatic hydroxyl groups is 1. The van der Waals surface area contributed by atoms with Gasteiger partial charge in [-0.15, -0.1) is 0 Å². The van der Waals surface area contributed by atoms with Gasteiger partial charge in [-0.3, -0.25) is 9.59 Å². The highest BCUT2D eigenvalue weighted by atomic mass is 16.3. The molecule has 0 aliphatic heterocycles. The first-order valence-corrected chi connectivity index (χ1v) is 6.08. The zero-order valence-electron chi connectivity index (χ0n) is 11.0. The minimum Gasteiger partial charge on any atom is -0.393 e. The summed E-state index contributed by atoms with van der Waals surface area (Å²) in [5.74, 6) is -0.253. The third kappa shape index (κ3) is 4.00. The van der Waals surface area contributed by atoms with Gasteiger partial charge in [-0.05, 0) is 31.4 Å². The molecule has 5 heteroatoms. The van der Waals surface area contributed by atoms with E-state index >= 15 is 0 Å². The van der Waals surface area contributed by atoms with Gasteiger partial charge in [0.2, 0.25) is 0 Å². The molecular weight excluding hydrogens is 232 g/mol. The summed E-state index contributed by atoms with van der Waals surface area (Å²) in [5, 5.41) is 12.2. The Balaban J connectivity index is 2.53. The van der Waals surface area contributed by atoms with Crippen molar-refractivity contribution in [2.45, 2.75) is 33.3 Å². The molecule has 0 aliphatic rings. The van der Waals surface area contributed by atoms with Gasteiger partial charge in [-0.25, -0.2) is 0 Å². The van der Waals surface area contributed by atoms with Gasteiger partial charge in [0.1, 0.15) is 5.56 Å². The lowest BCUT2D eigenvalue weighted by molar-refractivity contribution is 0.0919. The van der Waals surface area contributed by atoms with Crippen LogP contribution in [-0.2, 0) is 0 Å². The minimum absolute atomic E-state index is 0.0969. The number of hydrogen-bond acceptors (Lipinski definition) is 3. The van der Waals surface area contributed by atoms with Crippen LogP contribution in [0.2, 0.25) is 0 Å². The van der Waals surface area contributed by atoms with Crippen molar-refractivity contribution in [2.75, 3.05) is 6.54 Å². The van der Waals surface area contributed by atoms with E-state index in [0.29, 0.717) is 18.7 Å². The van der Waals surface area contributed by atoms with Crippen LogP contribution in [0.4, 0.5) is 0 Å². The van der Waals surface area contributed by atoms with Crippen molar-refractivity contribution in [2.24, 2.45) is 5.92 Å². The van der Waals surface area contributed by atoms with Gasteiger partial charge in [0, 0.05) is 12.2 Å². The quantitative estimate of drug-likeness (QED) is 0.725. The Bertz CT molecular complexity index is 466. The molecule has 3 N–H and O–H groups in total. The zero-order chi connectivity index (χ0) is 13.7. The third-order valence-corrected chi connectivity index (χ3v) is 2.80. The molecule has 1 aromatic heterocycles. The van der Waals surface area contributed by atoms with Crippen molar-refractivity contribution in [3.8, 4) is 0 Å². The van der Waals surface area contributed by atoms with Crippen LogP contribution in [0.25, 0.3) is 0 Å². The SMILES string of the molecule is Cc1ccc(C(=O)NCCC(O)C(C)C)c(=O)[nH]1. The maximum atomic E-state index is 11.7. The van der Waals surface area contributed by atoms with E-state index in [1.165, 1.54) is 6.07 Å². The molecule has 0 saturated carbocycles. The molecule has 1 unspecified atom stereocenters. The number of H-pyrrole nitrogens is 1. The fraction of sp³-hybridized carbons (Fsp3) is 0.538. The number of aromatic nitrogens is 1. The smallest absolute Gasteiger partial charge is 0.260 e. The minimum atomic E-state index is -0.443. The van der Waals surface area contributed by atoms with Crippen LogP contribution in [-0.4, -0.2) is 28.6 Å². The Labute approximate surface area is 106 Å². The van der Waals surface area contributed by atoms with Crippen LogP contribution < -0.4 is 10.9 Å². The first-order valence-electron chi connectivity index (χ1n) is 6.08. The first-order chi connectivity index (χ1) is 8.41. The Morgan fingerprint density at radius 1 is 1.44 bits per heavy atom. The van der Waals surface area contributed by atoms with Crippen molar-refractivity contribution < 1.29 is 9.90 Å². The molecule has 0 aliphatic carbocycles.